The van der Waals surface area contributed by atoms with Crippen LogP contribution >= 0.6 is 0 Å². The van der Waals surface area contributed by atoms with Gasteiger partial charge in [-0.2, -0.15) is 0 Å². The summed E-state index contributed by atoms with van der Waals surface area (Å²) in [6.45, 7) is 6.97. The number of H-pyrrole nitrogens is 1. The molecule has 0 aliphatic carbocycles. The largest absolute Gasteiger partial charge is 0.354 e. The van der Waals surface area contributed by atoms with Crippen LogP contribution in [-0.4, -0.2) is 47.8 Å². The van der Waals surface area contributed by atoms with Crippen LogP contribution in [0.1, 0.15) is 45.4 Å². The van der Waals surface area contributed by atoms with E-state index in [9.17, 15) is 9.59 Å². The zero-order valence-corrected chi connectivity index (χ0v) is 12.0. The molecule has 19 heavy (non-hydrogen) atoms. The molecule has 0 aromatic carbocycles. The molecule has 5 heteroatoms. The van der Waals surface area contributed by atoms with Gasteiger partial charge in [0.1, 0.15) is 5.69 Å². The van der Waals surface area contributed by atoms with Crippen molar-refractivity contribution in [3.8, 4) is 0 Å². The fourth-order valence-electron chi connectivity index (χ4n) is 2.80. The molecule has 1 aromatic rings. The van der Waals surface area contributed by atoms with E-state index in [2.05, 4.69) is 10.3 Å². The summed E-state index contributed by atoms with van der Waals surface area (Å²) < 4.78 is 0. The number of likely N-dealkylation sites (N-methyl/N-ethyl adjacent to an activating group) is 1. The highest BCUT2D eigenvalue weighted by Crippen LogP contribution is 2.21. The first kappa shape index (κ1) is 13.8. The molecule has 1 saturated heterocycles. The average Bonchev–Trinajstić information content (AvgIpc) is 2.95. The van der Waals surface area contributed by atoms with Crippen LogP contribution < -0.4 is 5.32 Å². The zero-order valence-electron chi connectivity index (χ0n) is 12.0. The molecule has 2 heterocycles. The molecule has 2 rings (SSSR count). The van der Waals surface area contributed by atoms with Gasteiger partial charge in [-0.05, 0) is 39.3 Å². The Morgan fingerprint density at radius 1 is 1.32 bits per heavy atom. The molecule has 0 bridgehead atoms. The lowest BCUT2D eigenvalue weighted by molar-refractivity contribution is 0.0737. The van der Waals surface area contributed by atoms with Crippen molar-refractivity contribution in [2.24, 2.45) is 0 Å². The third-order valence-electron chi connectivity index (χ3n) is 3.91. The molecule has 1 amide bonds. The number of ketones is 1. The first-order valence-corrected chi connectivity index (χ1v) is 6.61. The second-order valence-corrected chi connectivity index (χ2v) is 5.24. The van der Waals surface area contributed by atoms with Crippen LogP contribution in [0, 0.1) is 13.8 Å². The number of carbonyl (C=O) groups is 2. The van der Waals surface area contributed by atoms with Gasteiger partial charge in [-0.15, -0.1) is 0 Å². The van der Waals surface area contributed by atoms with E-state index in [-0.39, 0.29) is 17.7 Å². The molecule has 1 unspecified atom stereocenters. The zero-order chi connectivity index (χ0) is 14.2. The van der Waals surface area contributed by atoms with Gasteiger partial charge in [-0.3, -0.25) is 9.59 Å². The Hall–Kier alpha value is -1.62. The molecule has 1 fully saturated rings. The van der Waals surface area contributed by atoms with E-state index in [4.69, 9.17) is 0 Å². The molecule has 104 valence electrons. The van der Waals surface area contributed by atoms with Gasteiger partial charge in [-0.25, -0.2) is 0 Å². The van der Waals surface area contributed by atoms with Gasteiger partial charge >= 0.3 is 0 Å². The summed E-state index contributed by atoms with van der Waals surface area (Å²) in [6, 6.07) is 0.233. The molecule has 0 saturated carbocycles. The highest BCUT2D eigenvalue weighted by atomic mass is 16.2. The fraction of sp³-hybridized carbons (Fsp3) is 0.571. The van der Waals surface area contributed by atoms with Crippen LogP contribution in [0.25, 0.3) is 0 Å². The van der Waals surface area contributed by atoms with Gasteiger partial charge in [-0.1, -0.05) is 0 Å². The number of aromatic amines is 1. The summed E-state index contributed by atoms with van der Waals surface area (Å²) in [5.74, 6) is -0.0442. The number of hydrogen-bond donors (Lipinski definition) is 2. The highest BCUT2D eigenvalue weighted by Gasteiger charge is 2.27. The summed E-state index contributed by atoms with van der Waals surface area (Å²) in [5.41, 5.74) is 2.71. The Bertz CT molecular complexity index is 513. The summed E-state index contributed by atoms with van der Waals surface area (Å²) in [5, 5.41) is 3.25. The molecule has 5 nitrogen and oxygen atoms in total. The number of Topliss-reactive ketones (excluding diaryl/α,β-unsaturated/α-hetero) is 1. The van der Waals surface area contributed by atoms with Crippen molar-refractivity contribution in [1.82, 2.24) is 15.2 Å². The minimum Gasteiger partial charge on any atom is -0.354 e. The van der Waals surface area contributed by atoms with Crippen LogP contribution in [-0.2, 0) is 0 Å². The average molecular weight is 263 g/mol. The summed E-state index contributed by atoms with van der Waals surface area (Å²) in [6.07, 6.45) is 0.973. The monoisotopic (exact) mass is 263 g/mol. The maximum atomic E-state index is 12.5. The number of aromatic nitrogens is 1. The molecule has 1 aromatic heterocycles. The topological polar surface area (TPSA) is 65.2 Å². The van der Waals surface area contributed by atoms with Gasteiger partial charge in [0, 0.05) is 30.9 Å². The Balaban J connectivity index is 2.29. The molecule has 1 aliphatic rings. The third-order valence-corrected chi connectivity index (χ3v) is 3.91. The minimum absolute atomic E-state index is 0.00418. The highest BCUT2D eigenvalue weighted by molar-refractivity contribution is 6.02. The van der Waals surface area contributed by atoms with Crippen molar-refractivity contribution in [2.75, 3.05) is 20.1 Å². The fourth-order valence-corrected chi connectivity index (χ4v) is 2.80. The van der Waals surface area contributed by atoms with E-state index < -0.39 is 0 Å². The first-order valence-electron chi connectivity index (χ1n) is 6.61. The molecule has 1 aliphatic heterocycles. The molecule has 1 atom stereocenters. The Morgan fingerprint density at radius 3 is 2.47 bits per heavy atom. The van der Waals surface area contributed by atoms with E-state index >= 15 is 0 Å². The maximum absolute atomic E-state index is 12.5. The van der Waals surface area contributed by atoms with E-state index in [1.807, 2.05) is 20.9 Å². The van der Waals surface area contributed by atoms with Gasteiger partial charge in [0.2, 0.25) is 0 Å². The number of amides is 1. The van der Waals surface area contributed by atoms with E-state index in [0.29, 0.717) is 11.3 Å². The van der Waals surface area contributed by atoms with Crippen molar-refractivity contribution in [1.29, 1.82) is 0 Å². The normalized spacial score (nSPS) is 18.6. The lowest BCUT2D eigenvalue weighted by atomic mass is 10.1. The van der Waals surface area contributed by atoms with Gasteiger partial charge in [0.05, 0.1) is 0 Å². The van der Waals surface area contributed by atoms with Crippen molar-refractivity contribution >= 4 is 11.7 Å². The number of carbonyl (C=O) groups excluding carboxylic acids is 2. The number of aryl methyl sites for hydroxylation is 1. The smallest absolute Gasteiger partial charge is 0.270 e. The number of nitrogens with one attached hydrogen (secondary N) is 2. The maximum Gasteiger partial charge on any atom is 0.270 e. The van der Waals surface area contributed by atoms with Crippen LogP contribution in [0.3, 0.4) is 0 Å². The Morgan fingerprint density at radius 2 is 2.00 bits per heavy atom. The summed E-state index contributed by atoms with van der Waals surface area (Å²) in [7, 11) is 1.82. The predicted molar refractivity (Wildman–Crippen MR) is 73.6 cm³/mol. The number of rotatable bonds is 3. The van der Waals surface area contributed by atoms with E-state index in [1.165, 1.54) is 6.92 Å². The molecule has 0 spiro atoms. The predicted octanol–water partition coefficient (Wildman–Crippen LogP) is 1.27. The van der Waals surface area contributed by atoms with Crippen LogP contribution in [0.15, 0.2) is 0 Å². The summed E-state index contributed by atoms with van der Waals surface area (Å²) >= 11 is 0. The second kappa shape index (κ2) is 5.17. The van der Waals surface area contributed by atoms with Gasteiger partial charge < -0.3 is 15.2 Å². The van der Waals surface area contributed by atoms with Crippen LogP contribution in [0.2, 0.25) is 0 Å². The van der Waals surface area contributed by atoms with E-state index in [0.717, 1.165) is 30.8 Å². The number of nitrogens with zero attached hydrogens (tertiary/aromatic N) is 1. The van der Waals surface area contributed by atoms with Crippen LogP contribution in [0.4, 0.5) is 0 Å². The lowest BCUT2D eigenvalue weighted by Crippen LogP contribution is -2.38. The van der Waals surface area contributed by atoms with Crippen LogP contribution in [0.5, 0.6) is 0 Å². The quantitative estimate of drug-likeness (QED) is 0.807. The Kier molecular flexibility index (Phi) is 3.75. The minimum atomic E-state index is -0.0400. The second-order valence-electron chi connectivity index (χ2n) is 5.24. The van der Waals surface area contributed by atoms with E-state index in [1.54, 1.807) is 4.90 Å². The lowest BCUT2D eigenvalue weighted by Gasteiger charge is -2.23. The standard InChI is InChI=1S/C14H21N3O2/c1-8-12(10(3)18)9(2)16-13(8)14(19)17(4)11-5-6-15-7-11/h11,15-16H,5-7H2,1-4H3. The third kappa shape index (κ3) is 2.42. The van der Waals surface area contributed by atoms with Gasteiger partial charge in [0.25, 0.3) is 5.91 Å². The molecular formula is C14H21N3O2. The first-order chi connectivity index (χ1) is 8.93. The molecular weight excluding hydrogens is 242 g/mol. The SMILES string of the molecule is CC(=O)c1c(C)[nH]c(C(=O)N(C)C2CCNC2)c1C. The van der Waals surface area contributed by atoms with Crippen molar-refractivity contribution < 1.29 is 9.59 Å². The number of hydrogen-bond acceptors (Lipinski definition) is 3. The van der Waals surface area contributed by atoms with Crippen molar-refractivity contribution in [2.45, 2.75) is 33.2 Å². The Labute approximate surface area is 113 Å². The van der Waals surface area contributed by atoms with Gasteiger partial charge in [0.15, 0.2) is 5.78 Å². The van der Waals surface area contributed by atoms with Crippen molar-refractivity contribution in [3.05, 3.63) is 22.5 Å². The van der Waals surface area contributed by atoms with Crippen molar-refractivity contribution in [3.63, 3.8) is 0 Å². The molecule has 2 N–H and O–H groups in total. The summed E-state index contributed by atoms with van der Waals surface area (Å²) in [4.78, 5) is 28.9. The molecule has 0 radical (unpaired) electrons.